The Kier molecular flexibility index (Phi) is 4.75. The standard InChI is InChI=1S/C21H23FN4O2/c1-21(9-5-10-26(14-21)19(27)18-8-11-25(2)24-18)20-23-13-16(28-20)12-15-6-3-4-7-17(15)22/h3-4,6-8,11,13H,5,9-10,12,14H2,1-2H3. The van der Waals surface area contributed by atoms with Gasteiger partial charge in [0, 0.05) is 32.8 Å². The molecule has 0 saturated carbocycles. The van der Waals surface area contributed by atoms with Crippen LogP contribution in [-0.2, 0) is 18.9 Å². The number of carbonyl (C=O) groups is 1. The average molecular weight is 382 g/mol. The van der Waals surface area contributed by atoms with E-state index in [1.54, 1.807) is 48.4 Å². The summed E-state index contributed by atoms with van der Waals surface area (Å²) in [6, 6.07) is 8.38. The number of amides is 1. The highest BCUT2D eigenvalue weighted by atomic mass is 19.1. The van der Waals surface area contributed by atoms with Gasteiger partial charge in [0.1, 0.15) is 17.3 Å². The Labute approximate surface area is 163 Å². The molecule has 7 heteroatoms. The summed E-state index contributed by atoms with van der Waals surface area (Å²) < 4.78 is 21.5. The van der Waals surface area contributed by atoms with Crippen molar-refractivity contribution >= 4 is 5.91 Å². The summed E-state index contributed by atoms with van der Waals surface area (Å²) in [6.45, 7) is 3.26. The Morgan fingerprint density at radius 1 is 1.32 bits per heavy atom. The summed E-state index contributed by atoms with van der Waals surface area (Å²) in [7, 11) is 1.79. The molecular weight excluding hydrogens is 359 g/mol. The molecule has 2 aromatic heterocycles. The van der Waals surface area contributed by atoms with Crippen LogP contribution in [0.15, 0.2) is 47.1 Å². The maximum absolute atomic E-state index is 13.9. The number of aromatic nitrogens is 3. The van der Waals surface area contributed by atoms with E-state index in [0.717, 1.165) is 12.8 Å². The number of likely N-dealkylation sites (tertiary alicyclic amines) is 1. The molecule has 4 rings (SSSR count). The van der Waals surface area contributed by atoms with E-state index in [2.05, 4.69) is 17.0 Å². The van der Waals surface area contributed by atoms with E-state index in [0.29, 0.717) is 42.4 Å². The lowest BCUT2D eigenvalue weighted by molar-refractivity contribution is 0.0619. The predicted molar refractivity (Wildman–Crippen MR) is 101 cm³/mol. The summed E-state index contributed by atoms with van der Waals surface area (Å²) in [4.78, 5) is 19.0. The fourth-order valence-electron chi connectivity index (χ4n) is 3.78. The van der Waals surface area contributed by atoms with Crippen molar-refractivity contribution < 1.29 is 13.6 Å². The van der Waals surface area contributed by atoms with Crippen LogP contribution in [0.2, 0.25) is 0 Å². The zero-order valence-corrected chi connectivity index (χ0v) is 16.1. The second kappa shape index (κ2) is 7.22. The van der Waals surface area contributed by atoms with Gasteiger partial charge in [-0.05, 0) is 37.5 Å². The summed E-state index contributed by atoms with van der Waals surface area (Å²) in [6.07, 6.45) is 5.51. The van der Waals surface area contributed by atoms with Crippen molar-refractivity contribution in [3.8, 4) is 0 Å². The largest absolute Gasteiger partial charge is 0.445 e. The topological polar surface area (TPSA) is 64.2 Å². The van der Waals surface area contributed by atoms with Gasteiger partial charge in [-0.2, -0.15) is 5.10 Å². The van der Waals surface area contributed by atoms with Gasteiger partial charge in [-0.3, -0.25) is 9.48 Å². The van der Waals surface area contributed by atoms with Crippen molar-refractivity contribution in [3.63, 3.8) is 0 Å². The predicted octanol–water partition coefficient (Wildman–Crippen LogP) is 3.33. The minimum absolute atomic E-state index is 0.0790. The molecular formula is C21H23FN4O2. The molecule has 1 amide bonds. The third-order valence-electron chi connectivity index (χ3n) is 5.31. The van der Waals surface area contributed by atoms with E-state index >= 15 is 0 Å². The lowest BCUT2D eigenvalue weighted by atomic mass is 9.81. The first kappa shape index (κ1) is 18.4. The molecule has 1 saturated heterocycles. The Balaban J connectivity index is 1.51. The van der Waals surface area contributed by atoms with Gasteiger partial charge in [-0.25, -0.2) is 9.37 Å². The van der Waals surface area contributed by atoms with Crippen LogP contribution >= 0.6 is 0 Å². The minimum Gasteiger partial charge on any atom is -0.445 e. The maximum Gasteiger partial charge on any atom is 0.274 e. The Morgan fingerprint density at radius 3 is 2.89 bits per heavy atom. The first-order chi connectivity index (χ1) is 13.4. The fourth-order valence-corrected chi connectivity index (χ4v) is 3.78. The fraction of sp³-hybridized carbons (Fsp3) is 0.381. The van der Waals surface area contributed by atoms with Crippen LogP contribution in [-0.4, -0.2) is 38.7 Å². The van der Waals surface area contributed by atoms with Crippen molar-refractivity contribution in [2.75, 3.05) is 13.1 Å². The van der Waals surface area contributed by atoms with Crippen LogP contribution in [0.25, 0.3) is 0 Å². The molecule has 1 unspecified atom stereocenters. The number of benzene rings is 1. The van der Waals surface area contributed by atoms with Crippen molar-refractivity contribution in [2.24, 2.45) is 7.05 Å². The van der Waals surface area contributed by atoms with Crippen molar-refractivity contribution in [1.82, 2.24) is 19.7 Å². The van der Waals surface area contributed by atoms with Crippen LogP contribution < -0.4 is 0 Å². The Morgan fingerprint density at radius 2 is 2.14 bits per heavy atom. The molecule has 3 aromatic rings. The lowest BCUT2D eigenvalue weighted by Gasteiger charge is -2.38. The molecule has 1 aliphatic rings. The molecule has 0 aliphatic carbocycles. The number of halogens is 1. The van der Waals surface area contributed by atoms with Gasteiger partial charge in [0.25, 0.3) is 5.91 Å². The zero-order chi connectivity index (χ0) is 19.7. The highest BCUT2D eigenvalue weighted by Crippen LogP contribution is 2.34. The number of aryl methyl sites for hydroxylation is 1. The molecule has 146 valence electrons. The third-order valence-corrected chi connectivity index (χ3v) is 5.31. The zero-order valence-electron chi connectivity index (χ0n) is 16.1. The SMILES string of the molecule is Cn1ccc(C(=O)N2CCCC(C)(c3ncc(Cc4ccccc4F)o3)C2)n1. The highest BCUT2D eigenvalue weighted by molar-refractivity contribution is 5.92. The normalized spacial score (nSPS) is 19.8. The molecule has 0 spiro atoms. The number of hydrogen-bond donors (Lipinski definition) is 0. The molecule has 1 aliphatic heterocycles. The molecule has 28 heavy (non-hydrogen) atoms. The van der Waals surface area contributed by atoms with Crippen molar-refractivity contribution in [3.05, 3.63) is 71.5 Å². The molecule has 0 N–H and O–H groups in total. The van der Waals surface area contributed by atoms with Crippen molar-refractivity contribution in [1.29, 1.82) is 0 Å². The first-order valence-electron chi connectivity index (χ1n) is 9.42. The number of carbonyl (C=O) groups excluding carboxylic acids is 1. The van der Waals surface area contributed by atoms with Crippen LogP contribution in [0.4, 0.5) is 4.39 Å². The van der Waals surface area contributed by atoms with Gasteiger partial charge in [-0.15, -0.1) is 0 Å². The number of piperidine rings is 1. The van der Waals surface area contributed by atoms with Gasteiger partial charge >= 0.3 is 0 Å². The molecule has 1 atom stereocenters. The maximum atomic E-state index is 13.9. The second-order valence-electron chi connectivity index (χ2n) is 7.67. The summed E-state index contributed by atoms with van der Waals surface area (Å²) in [5.41, 5.74) is 0.640. The smallest absolute Gasteiger partial charge is 0.274 e. The summed E-state index contributed by atoms with van der Waals surface area (Å²) in [5, 5.41) is 4.22. The van der Waals surface area contributed by atoms with E-state index in [-0.39, 0.29) is 17.1 Å². The summed E-state index contributed by atoms with van der Waals surface area (Å²) in [5.74, 6) is 0.882. The van der Waals surface area contributed by atoms with Gasteiger partial charge in [-0.1, -0.05) is 18.2 Å². The highest BCUT2D eigenvalue weighted by Gasteiger charge is 2.39. The van der Waals surface area contributed by atoms with Crippen LogP contribution in [0.5, 0.6) is 0 Å². The van der Waals surface area contributed by atoms with Crippen LogP contribution in [0.1, 0.15) is 47.5 Å². The molecule has 1 fully saturated rings. The van der Waals surface area contributed by atoms with E-state index in [4.69, 9.17) is 4.42 Å². The van der Waals surface area contributed by atoms with Crippen LogP contribution in [0, 0.1) is 5.82 Å². The molecule has 1 aromatic carbocycles. The van der Waals surface area contributed by atoms with Gasteiger partial charge < -0.3 is 9.32 Å². The first-order valence-corrected chi connectivity index (χ1v) is 9.42. The van der Waals surface area contributed by atoms with Gasteiger partial charge in [0.05, 0.1) is 11.6 Å². The van der Waals surface area contributed by atoms with E-state index in [1.165, 1.54) is 6.07 Å². The molecule has 6 nitrogen and oxygen atoms in total. The van der Waals surface area contributed by atoms with Crippen molar-refractivity contribution in [2.45, 2.75) is 31.6 Å². The lowest BCUT2D eigenvalue weighted by Crippen LogP contribution is -2.47. The number of nitrogens with zero attached hydrogens (tertiary/aromatic N) is 4. The van der Waals surface area contributed by atoms with E-state index < -0.39 is 0 Å². The quantitative estimate of drug-likeness (QED) is 0.694. The van der Waals surface area contributed by atoms with E-state index in [1.807, 2.05) is 4.90 Å². The average Bonchev–Trinajstić information content (AvgIpc) is 3.33. The van der Waals surface area contributed by atoms with Gasteiger partial charge in [0.15, 0.2) is 0 Å². The van der Waals surface area contributed by atoms with E-state index in [9.17, 15) is 9.18 Å². The Hall–Kier alpha value is -2.96. The Bertz CT molecular complexity index is 996. The summed E-state index contributed by atoms with van der Waals surface area (Å²) >= 11 is 0. The molecule has 0 radical (unpaired) electrons. The number of hydrogen-bond acceptors (Lipinski definition) is 4. The number of oxazole rings is 1. The third kappa shape index (κ3) is 3.56. The monoisotopic (exact) mass is 382 g/mol. The van der Waals surface area contributed by atoms with Gasteiger partial charge in [0.2, 0.25) is 5.89 Å². The molecule has 3 heterocycles. The minimum atomic E-state index is -0.379. The number of rotatable bonds is 4. The molecule has 0 bridgehead atoms. The second-order valence-corrected chi connectivity index (χ2v) is 7.67. The van der Waals surface area contributed by atoms with Crippen LogP contribution in [0.3, 0.4) is 0 Å².